The predicted octanol–water partition coefficient (Wildman–Crippen LogP) is 4.43. The number of benzene rings is 1. The van der Waals surface area contributed by atoms with Crippen molar-refractivity contribution < 1.29 is 4.42 Å². The summed E-state index contributed by atoms with van der Waals surface area (Å²) in [6.45, 7) is 11.3. The van der Waals surface area contributed by atoms with Crippen LogP contribution in [0.15, 0.2) is 33.9 Å². The molecule has 21 heavy (non-hydrogen) atoms. The highest BCUT2D eigenvalue weighted by molar-refractivity contribution is 7.99. The van der Waals surface area contributed by atoms with E-state index in [0.29, 0.717) is 5.25 Å². The molecule has 2 atom stereocenters. The van der Waals surface area contributed by atoms with E-state index in [0.717, 1.165) is 23.2 Å². The smallest absolute Gasteiger partial charge is 0.256 e. The SMILES string of the molecule is CCNC(c1ccc(C)cc1)C(C)Sc1nc(C)c(C)o1. The van der Waals surface area contributed by atoms with Gasteiger partial charge in [-0.05, 0) is 32.9 Å². The maximum atomic E-state index is 5.69. The lowest BCUT2D eigenvalue weighted by Gasteiger charge is -2.24. The fourth-order valence-corrected chi connectivity index (χ4v) is 3.34. The second-order valence-corrected chi connectivity index (χ2v) is 6.72. The van der Waals surface area contributed by atoms with Crippen LogP contribution in [0.1, 0.15) is 42.5 Å². The Kier molecular flexibility index (Phi) is 5.48. The molecule has 0 radical (unpaired) electrons. The predicted molar refractivity (Wildman–Crippen MR) is 88.9 cm³/mol. The van der Waals surface area contributed by atoms with Gasteiger partial charge in [-0.15, -0.1) is 0 Å². The highest BCUT2D eigenvalue weighted by atomic mass is 32.2. The Morgan fingerprint density at radius 2 is 1.86 bits per heavy atom. The molecule has 4 heteroatoms. The summed E-state index contributed by atoms with van der Waals surface area (Å²) >= 11 is 1.69. The number of aromatic nitrogens is 1. The molecular weight excluding hydrogens is 280 g/mol. The van der Waals surface area contributed by atoms with Gasteiger partial charge in [0.15, 0.2) is 0 Å². The average Bonchev–Trinajstić information content (AvgIpc) is 2.75. The number of hydrogen-bond acceptors (Lipinski definition) is 4. The molecule has 1 heterocycles. The van der Waals surface area contributed by atoms with Gasteiger partial charge in [-0.25, -0.2) is 4.98 Å². The number of aryl methyl sites for hydroxylation is 3. The monoisotopic (exact) mass is 304 g/mol. The van der Waals surface area contributed by atoms with Gasteiger partial charge in [-0.1, -0.05) is 55.4 Å². The normalized spacial score (nSPS) is 14.1. The fourth-order valence-electron chi connectivity index (χ4n) is 2.27. The van der Waals surface area contributed by atoms with Crippen LogP contribution in [0.5, 0.6) is 0 Å². The highest BCUT2D eigenvalue weighted by Gasteiger charge is 2.21. The van der Waals surface area contributed by atoms with E-state index in [2.05, 4.69) is 55.3 Å². The molecule has 2 unspecified atom stereocenters. The van der Waals surface area contributed by atoms with Crippen LogP contribution < -0.4 is 5.32 Å². The third-order valence-electron chi connectivity index (χ3n) is 3.63. The fraction of sp³-hybridized carbons (Fsp3) is 0.471. The second-order valence-electron chi connectivity index (χ2n) is 5.39. The lowest BCUT2D eigenvalue weighted by atomic mass is 10.0. The zero-order chi connectivity index (χ0) is 15.4. The molecule has 0 fully saturated rings. The molecule has 0 aliphatic rings. The van der Waals surface area contributed by atoms with Crippen LogP contribution >= 0.6 is 11.8 Å². The quantitative estimate of drug-likeness (QED) is 0.801. The third kappa shape index (κ3) is 4.11. The molecule has 1 aromatic carbocycles. The Morgan fingerprint density at radius 1 is 1.19 bits per heavy atom. The largest absolute Gasteiger partial charge is 0.437 e. The second kappa shape index (κ2) is 7.14. The number of rotatable bonds is 6. The number of nitrogens with one attached hydrogen (secondary N) is 1. The van der Waals surface area contributed by atoms with Crippen molar-refractivity contribution >= 4 is 11.8 Å². The minimum atomic E-state index is 0.285. The van der Waals surface area contributed by atoms with Crippen molar-refractivity contribution in [1.29, 1.82) is 0 Å². The van der Waals surface area contributed by atoms with Crippen LogP contribution in [-0.4, -0.2) is 16.8 Å². The molecule has 1 aromatic heterocycles. The van der Waals surface area contributed by atoms with Gasteiger partial charge >= 0.3 is 0 Å². The molecular formula is C17H24N2OS. The average molecular weight is 304 g/mol. The van der Waals surface area contributed by atoms with E-state index in [1.165, 1.54) is 11.1 Å². The number of oxazole rings is 1. The Morgan fingerprint density at radius 3 is 2.38 bits per heavy atom. The zero-order valence-corrected chi connectivity index (χ0v) is 14.3. The Labute approximate surface area is 131 Å². The van der Waals surface area contributed by atoms with Gasteiger partial charge < -0.3 is 9.73 Å². The first-order valence-electron chi connectivity index (χ1n) is 7.42. The molecule has 0 bridgehead atoms. The van der Waals surface area contributed by atoms with Crippen LogP contribution in [0, 0.1) is 20.8 Å². The molecule has 3 nitrogen and oxygen atoms in total. The molecule has 0 aliphatic carbocycles. The minimum absolute atomic E-state index is 0.285. The van der Waals surface area contributed by atoms with Crippen molar-refractivity contribution in [3.05, 3.63) is 46.8 Å². The molecule has 0 aliphatic heterocycles. The summed E-state index contributed by atoms with van der Waals surface area (Å²) in [7, 11) is 0. The third-order valence-corrected chi connectivity index (χ3v) is 4.65. The van der Waals surface area contributed by atoms with E-state index in [1.54, 1.807) is 11.8 Å². The molecule has 2 aromatic rings. The van der Waals surface area contributed by atoms with E-state index in [9.17, 15) is 0 Å². The van der Waals surface area contributed by atoms with Crippen molar-refractivity contribution in [2.24, 2.45) is 0 Å². The molecule has 2 rings (SSSR count). The summed E-state index contributed by atoms with van der Waals surface area (Å²) in [6, 6.07) is 9.01. The highest BCUT2D eigenvalue weighted by Crippen LogP contribution is 2.32. The Hall–Kier alpha value is -1.26. The summed E-state index contributed by atoms with van der Waals surface area (Å²) in [5.74, 6) is 0.903. The lowest BCUT2D eigenvalue weighted by Crippen LogP contribution is -2.28. The van der Waals surface area contributed by atoms with E-state index in [4.69, 9.17) is 4.42 Å². The molecule has 114 valence electrons. The number of hydrogen-bond donors (Lipinski definition) is 1. The summed E-state index contributed by atoms with van der Waals surface area (Å²) in [4.78, 5) is 4.47. The molecule has 1 N–H and O–H groups in total. The van der Waals surface area contributed by atoms with Gasteiger partial charge in [0.25, 0.3) is 5.22 Å². The van der Waals surface area contributed by atoms with Crippen LogP contribution in [0.3, 0.4) is 0 Å². The van der Waals surface area contributed by atoms with Crippen LogP contribution in [-0.2, 0) is 0 Å². The van der Waals surface area contributed by atoms with Crippen molar-refractivity contribution in [3.8, 4) is 0 Å². The minimum Gasteiger partial charge on any atom is -0.437 e. The molecule has 0 spiro atoms. The van der Waals surface area contributed by atoms with Crippen molar-refractivity contribution in [2.75, 3.05) is 6.54 Å². The van der Waals surface area contributed by atoms with Crippen molar-refractivity contribution in [1.82, 2.24) is 10.3 Å². The molecule has 0 saturated carbocycles. The summed E-state index contributed by atoms with van der Waals surface area (Å²) < 4.78 is 5.69. The standard InChI is InChI=1S/C17H24N2OS/c1-6-18-16(15-9-7-11(2)8-10-15)14(5)21-17-19-12(3)13(4)20-17/h7-10,14,16,18H,6H2,1-5H3. The Bertz CT molecular complexity index is 557. The molecule has 0 saturated heterocycles. The first kappa shape index (κ1) is 16.1. The number of thioether (sulfide) groups is 1. The van der Waals surface area contributed by atoms with Gasteiger partial charge in [0.1, 0.15) is 5.76 Å². The van der Waals surface area contributed by atoms with Crippen LogP contribution in [0.4, 0.5) is 0 Å². The summed E-state index contributed by atoms with van der Waals surface area (Å²) in [6.07, 6.45) is 0. The van der Waals surface area contributed by atoms with Gasteiger partial charge in [-0.3, -0.25) is 0 Å². The van der Waals surface area contributed by atoms with Crippen LogP contribution in [0.25, 0.3) is 0 Å². The first-order chi connectivity index (χ1) is 10.0. The maximum Gasteiger partial charge on any atom is 0.256 e. The van der Waals surface area contributed by atoms with Gasteiger partial charge in [0, 0.05) is 11.3 Å². The van der Waals surface area contributed by atoms with Gasteiger partial charge in [-0.2, -0.15) is 0 Å². The van der Waals surface area contributed by atoms with Gasteiger partial charge in [0.05, 0.1) is 5.69 Å². The van der Waals surface area contributed by atoms with E-state index >= 15 is 0 Å². The van der Waals surface area contributed by atoms with Gasteiger partial charge in [0.2, 0.25) is 0 Å². The Balaban J connectivity index is 2.15. The van der Waals surface area contributed by atoms with E-state index in [-0.39, 0.29) is 6.04 Å². The lowest BCUT2D eigenvalue weighted by molar-refractivity contribution is 0.428. The van der Waals surface area contributed by atoms with Crippen molar-refractivity contribution in [3.63, 3.8) is 0 Å². The molecule has 0 amide bonds. The maximum absolute atomic E-state index is 5.69. The van der Waals surface area contributed by atoms with Crippen molar-refractivity contribution in [2.45, 2.75) is 51.1 Å². The zero-order valence-electron chi connectivity index (χ0n) is 13.4. The summed E-state index contributed by atoms with van der Waals surface area (Å²) in [5, 5.41) is 4.66. The van der Waals surface area contributed by atoms with E-state index in [1.807, 2.05) is 13.8 Å². The first-order valence-corrected chi connectivity index (χ1v) is 8.30. The summed E-state index contributed by atoms with van der Waals surface area (Å²) in [5.41, 5.74) is 3.57. The van der Waals surface area contributed by atoms with Crippen LogP contribution in [0.2, 0.25) is 0 Å². The van der Waals surface area contributed by atoms with E-state index < -0.39 is 0 Å². The topological polar surface area (TPSA) is 38.1 Å². The number of nitrogens with zero attached hydrogens (tertiary/aromatic N) is 1.